The molecule has 140 valence electrons. The maximum atomic E-state index is 6.23. The molecule has 0 spiro atoms. The number of rotatable bonds is 5. The van der Waals surface area contributed by atoms with E-state index in [9.17, 15) is 0 Å². The average Bonchev–Trinajstić information content (AvgIpc) is 3.22. The monoisotopic (exact) mass is 353 g/mol. The number of benzene rings is 1. The lowest BCUT2D eigenvalue weighted by Gasteiger charge is -2.18. The molecule has 1 N–H and O–H groups in total. The molecule has 4 heteroatoms. The number of pyridine rings is 1. The summed E-state index contributed by atoms with van der Waals surface area (Å²) in [5.74, 6) is 2.71. The minimum absolute atomic E-state index is 0.394. The Morgan fingerprint density at radius 3 is 2.81 bits per heavy atom. The molecule has 4 nitrogen and oxygen atoms in total. The zero-order valence-electron chi connectivity index (χ0n) is 16.6. The number of aryl methyl sites for hydroxylation is 2. The molecule has 2 heterocycles. The van der Waals surface area contributed by atoms with Gasteiger partial charge in [0.25, 0.3) is 0 Å². The van der Waals surface area contributed by atoms with Gasteiger partial charge in [-0.2, -0.15) is 0 Å². The topological polar surface area (TPSA) is 37.4 Å². The summed E-state index contributed by atoms with van der Waals surface area (Å²) in [4.78, 5) is 7.37. The van der Waals surface area contributed by atoms with E-state index in [0.29, 0.717) is 12.0 Å². The van der Waals surface area contributed by atoms with Gasteiger partial charge in [0.1, 0.15) is 11.6 Å². The Labute approximate surface area is 156 Å². The lowest BCUT2D eigenvalue weighted by atomic mass is 10.0. The lowest BCUT2D eigenvalue weighted by molar-refractivity contribution is 0.248. The van der Waals surface area contributed by atoms with E-state index in [-0.39, 0.29) is 0 Å². The highest BCUT2D eigenvalue weighted by atomic mass is 16.5. The van der Waals surface area contributed by atoms with E-state index in [2.05, 4.69) is 50.2 Å². The van der Waals surface area contributed by atoms with Gasteiger partial charge in [-0.25, -0.2) is 4.98 Å². The van der Waals surface area contributed by atoms with E-state index in [1.54, 1.807) is 0 Å². The molecule has 2 aliphatic rings. The van der Waals surface area contributed by atoms with Crippen LogP contribution >= 0.6 is 0 Å². The Bertz CT molecular complexity index is 815. The van der Waals surface area contributed by atoms with E-state index in [0.717, 1.165) is 43.1 Å². The summed E-state index contributed by atoms with van der Waals surface area (Å²) in [5, 5.41) is 4.87. The first kappa shape index (κ1) is 17.6. The second kappa shape index (κ2) is 7.07. The van der Waals surface area contributed by atoms with Gasteiger partial charge in [0.15, 0.2) is 0 Å². The quantitative estimate of drug-likeness (QED) is 0.875. The van der Waals surface area contributed by atoms with Gasteiger partial charge < -0.3 is 15.0 Å². The Hall–Kier alpha value is -1.81. The van der Waals surface area contributed by atoms with Crippen molar-refractivity contribution in [3.8, 4) is 5.75 Å². The molecule has 1 atom stereocenters. The number of fused-ring (bicyclic) bond motifs is 3. The van der Waals surface area contributed by atoms with Gasteiger partial charge in [0.2, 0.25) is 0 Å². The van der Waals surface area contributed by atoms with Crippen LogP contribution in [0.2, 0.25) is 0 Å². The lowest BCUT2D eigenvalue weighted by Crippen LogP contribution is -2.18. The van der Waals surface area contributed by atoms with Gasteiger partial charge >= 0.3 is 0 Å². The average molecular weight is 354 g/mol. The van der Waals surface area contributed by atoms with Crippen molar-refractivity contribution in [2.45, 2.75) is 52.5 Å². The summed E-state index contributed by atoms with van der Waals surface area (Å²) >= 11 is 0. The Morgan fingerprint density at radius 2 is 2.08 bits per heavy atom. The standard InChI is InChI=1S/C22H31N3O/c1-14(2)23-22-18-7-5-6-17(18)19-10-15(3)21(11-20(19)24-22)26-13-16-8-9-25(4)12-16/h10-11,14,16H,5-9,12-13H2,1-4H3,(H,23,24). The van der Waals surface area contributed by atoms with Crippen LogP contribution in [0.4, 0.5) is 5.82 Å². The molecule has 4 rings (SSSR count). The van der Waals surface area contributed by atoms with Crippen LogP contribution in [0.1, 0.15) is 43.4 Å². The molecule has 2 aromatic rings. The maximum Gasteiger partial charge on any atom is 0.130 e. The van der Waals surface area contributed by atoms with Gasteiger partial charge in [-0.3, -0.25) is 0 Å². The molecule has 1 aliphatic heterocycles. The highest BCUT2D eigenvalue weighted by Gasteiger charge is 2.22. The predicted molar refractivity (Wildman–Crippen MR) is 108 cm³/mol. The van der Waals surface area contributed by atoms with Crippen molar-refractivity contribution < 1.29 is 4.74 Å². The van der Waals surface area contributed by atoms with Crippen molar-refractivity contribution in [2.75, 3.05) is 32.1 Å². The normalized spacial score (nSPS) is 20.1. The summed E-state index contributed by atoms with van der Waals surface area (Å²) in [6, 6.07) is 4.85. The summed E-state index contributed by atoms with van der Waals surface area (Å²) in [6.45, 7) is 9.64. The number of hydrogen-bond donors (Lipinski definition) is 1. The Kier molecular flexibility index (Phi) is 4.78. The van der Waals surface area contributed by atoms with E-state index < -0.39 is 0 Å². The third-order valence-corrected chi connectivity index (χ3v) is 5.74. The minimum Gasteiger partial charge on any atom is -0.493 e. The van der Waals surface area contributed by atoms with Gasteiger partial charge in [-0.15, -0.1) is 0 Å². The largest absolute Gasteiger partial charge is 0.493 e. The predicted octanol–water partition coefficient (Wildman–Crippen LogP) is 4.18. The van der Waals surface area contributed by atoms with Crippen molar-refractivity contribution in [2.24, 2.45) is 5.92 Å². The number of likely N-dealkylation sites (tertiary alicyclic amines) is 1. The van der Waals surface area contributed by atoms with Crippen LogP contribution in [-0.2, 0) is 12.8 Å². The van der Waals surface area contributed by atoms with Gasteiger partial charge in [0, 0.05) is 30.0 Å². The van der Waals surface area contributed by atoms with E-state index in [4.69, 9.17) is 9.72 Å². The number of hydrogen-bond acceptors (Lipinski definition) is 4. The van der Waals surface area contributed by atoms with Crippen molar-refractivity contribution in [1.29, 1.82) is 0 Å². The van der Waals surface area contributed by atoms with Crippen LogP contribution in [0.25, 0.3) is 10.9 Å². The van der Waals surface area contributed by atoms with Crippen LogP contribution in [0, 0.1) is 12.8 Å². The van der Waals surface area contributed by atoms with E-state index in [1.807, 2.05) is 0 Å². The van der Waals surface area contributed by atoms with Crippen molar-refractivity contribution >= 4 is 16.7 Å². The smallest absolute Gasteiger partial charge is 0.130 e. The van der Waals surface area contributed by atoms with Crippen molar-refractivity contribution in [3.63, 3.8) is 0 Å². The van der Waals surface area contributed by atoms with Crippen molar-refractivity contribution in [3.05, 3.63) is 28.8 Å². The maximum absolute atomic E-state index is 6.23. The summed E-state index contributed by atoms with van der Waals surface area (Å²) in [7, 11) is 2.19. The Balaban J connectivity index is 1.65. The molecule has 1 aromatic carbocycles. The molecular formula is C22H31N3O. The molecule has 0 radical (unpaired) electrons. The summed E-state index contributed by atoms with van der Waals surface area (Å²) in [5.41, 5.74) is 5.21. The highest BCUT2D eigenvalue weighted by Crippen LogP contribution is 2.36. The first-order chi connectivity index (χ1) is 12.5. The number of nitrogens with zero attached hydrogens (tertiary/aromatic N) is 2. The number of nitrogens with one attached hydrogen (secondary N) is 1. The van der Waals surface area contributed by atoms with Crippen LogP contribution in [-0.4, -0.2) is 42.7 Å². The van der Waals surface area contributed by atoms with Crippen LogP contribution in [0.15, 0.2) is 12.1 Å². The van der Waals surface area contributed by atoms with Gasteiger partial charge in [0.05, 0.1) is 12.1 Å². The molecular weight excluding hydrogens is 322 g/mol. The second-order valence-electron chi connectivity index (χ2n) is 8.43. The molecule has 26 heavy (non-hydrogen) atoms. The first-order valence-electron chi connectivity index (χ1n) is 10.0. The zero-order valence-corrected chi connectivity index (χ0v) is 16.6. The molecule has 0 saturated carbocycles. The highest BCUT2D eigenvalue weighted by molar-refractivity contribution is 5.88. The second-order valence-corrected chi connectivity index (χ2v) is 8.43. The zero-order chi connectivity index (χ0) is 18.3. The number of anilines is 1. The molecule has 1 aromatic heterocycles. The molecule has 0 amide bonds. The van der Waals surface area contributed by atoms with Gasteiger partial charge in [-0.1, -0.05) is 0 Å². The molecule has 1 fully saturated rings. The molecule has 0 bridgehead atoms. The fourth-order valence-corrected chi connectivity index (χ4v) is 4.42. The third kappa shape index (κ3) is 3.39. The molecule has 1 saturated heterocycles. The van der Waals surface area contributed by atoms with Crippen LogP contribution in [0.5, 0.6) is 5.75 Å². The first-order valence-corrected chi connectivity index (χ1v) is 10.0. The minimum atomic E-state index is 0.394. The Morgan fingerprint density at radius 1 is 1.27 bits per heavy atom. The molecule has 1 aliphatic carbocycles. The SMILES string of the molecule is Cc1cc2c3c(c(NC(C)C)nc2cc1OCC1CCN(C)C1)CCC3. The number of ether oxygens (including phenoxy) is 1. The number of aromatic nitrogens is 1. The third-order valence-electron chi connectivity index (χ3n) is 5.74. The summed E-state index contributed by atoms with van der Waals surface area (Å²) < 4.78 is 6.23. The van der Waals surface area contributed by atoms with Crippen molar-refractivity contribution in [1.82, 2.24) is 9.88 Å². The van der Waals surface area contributed by atoms with E-state index >= 15 is 0 Å². The fourth-order valence-electron chi connectivity index (χ4n) is 4.42. The van der Waals surface area contributed by atoms with E-state index in [1.165, 1.54) is 41.5 Å². The van der Waals surface area contributed by atoms with Crippen LogP contribution in [0.3, 0.4) is 0 Å². The van der Waals surface area contributed by atoms with Gasteiger partial charge in [-0.05, 0) is 82.8 Å². The molecule has 1 unspecified atom stereocenters. The summed E-state index contributed by atoms with van der Waals surface area (Å²) in [6.07, 6.45) is 4.77. The van der Waals surface area contributed by atoms with Crippen LogP contribution < -0.4 is 10.1 Å². The fraction of sp³-hybridized carbons (Fsp3) is 0.591.